The number of rotatable bonds is 7. The van der Waals surface area contributed by atoms with Gasteiger partial charge in [-0.1, -0.05) is 23.8 Å². The van der Waals surface area contributed by atoms with Gasteiger partial charge in [-0.3, -0.25) is 19.4 Å². The number of ether oxygens (including phenoxy) is 1. The molecule has 0 spiro atoms. The highest BCUT2D eigenvalue weighted by Gasteiger charge is 2.39. The fourth-order valence-corrected chi connectivity index (χ4v) is 4.31. The zero-order valence-electron chi connectivity index (χ0n) is 15.9. The molecule has 0 aromatic heterocycles. The van der Waals surface area contributed by atoms with Gasteiger partial charge >= 0.3 is 0 Å². The SMILES string of the molecule is Cc1ccc(C2=C(SCCO)C(=O)N(CCN3CCOCC3)C2=O)c(C)c1. The summed E-state index contributed by atoms with van der Waals surface area (Å²) in [7, 11) is 0. The highest BCUT2D eigenvalue weighted by atomic mass is 32.2. The average Bonchev–Trinajstić information content (AvgIpc) is 2.89. The molecule has 1 aromatic carbocycles. The minimum absolute atomic E-state index is 0.0381. The van der Waals surface area contributed by atoms with E-state index < -0.39 is 0 Å². The first-order chi connectivity index (χ1) is 13.0. The number of aliphatic hydroxyl groups excluding tert-OH is 1. The molecule has 3 rings (SSSR count). The summed E-state index contributed by atoms with van der Waals surface area (Å²) in [4.78, 5) is 30.1. The molecule has 0 radical (unpaired) electrons. The van der Waals surface area contributed by atoms with E-state index in [4.69, 9.17) is 4.74 Å². The summed E-state index contributed by atoms with van der Waals surface area (Å²) in [6.45, 7) is 7.95. The summed E-state index contributed by atoms with van der Waals surface area (Å²) in [5.74, 6) is -0.0950. The lowest BCUT2D eigenvalue weighted by atomic mass is 9.99. The van der Waals surface area contributed by atoms with E-state index in [1.807, 2.05) is 32.0 Å². The van der Waals surface area contributed by atoms with Crippen LogP contribution in [0.25, 0.3) is 5.57 Å². The molecule has 1 fully saturated rings. The Morgan fingerprint density at radius 3 is 2.52 bits per heavy atom. The standard InChI is InChI=1S/C20H26N2O4S/c1-14-3-4-16(15(2)13-14)17-18(27-12-9-23)20(25)22(19(17)24)6-5-21-7-10-26-11-8-21/h3-4,13,23H,5-12H2,1-2H3. The van der Waals surface area contributed by atoms with Gasteiger partial charge in [0.2, 0.25) is 0 Å². The van der Waals surface area contributed by atoms with Gasteiger partial charge < -0.3 is 9.84 Å². The van der Waals surface area contributed by atoms with Crippen molar-refractivity contribution in [2.24, 2.45) is 0 Å². The van der Waals surface area contributed by atoms with Gasteiger partial charge in [-0.2, -0.15) is 0 Å². The molecule has 0 atom stereocenters. The van der Waals surface area contributed by atoms with Crippen molar-refractivity contribution in [2.45, 2.75) is 13.8 Å². The third kappa shape index (κ3) is 4.43. The zero-order valence-corrected chi connectivity index (χ0v) is 16.7. The monoisotopic (exact) mass is 390 g/mol. The fraction of sp³-hybridized carbons (Fsp3) is 0.500. The minimum Gasteiger partial charge on any atom is -0.396 e. The Bertz CT molecular complexity index is 756. The lowest BCUT2D eigenvalue weighted by Gasteiger charge is -2.28. The van der Waals surface area contributed by atoms with E-state index in [9.17, 15) is 14.7 Å². The zero-order chi connectivity index (χ0) is 19.4. The van der Waals surface area contributed by atoms with Crippen molar-refractivity contribution in [1.82, 2.24) is 9.80 Å². The Balaban J connectivity index is 1.84. The van der Waals surface area contributed by atoms with Crippen molar-refractivity contribution >= 4 is 29.1 Å². The normalized spacial score (nSPS) is 18.7. The first kappa shape index (κ1) is 20.1. The van der Waals surface area contributed by atoms with E-state index in [0.717, 1.165) is 29.8 Å². The Hall–Kier alpha value is -1.67. The molecule has 1 N–H and O–H groups in total. The largest absolute Gasteiger partial charge is 0.396 e. The summed E-state index contributed by atoms with van der Waals surface area (Å²) in [5, 5.41) is 9.19. The first-order valence-corrected chi connectivity index (χ1v) is 10.2. The van der Waals surface area contributed by atoms with Crippen LogP contribution < -0.4 is 0 Å². The van der Waals surface area contributed by atoms with Crippen LogP contribution in [0.2, 0.25) is 0 Å². The molecule has 1 saturated heterocycles. The van der Waals surface area contributed by atoms with E-state index in [-0.39, 0.29) is 18.4 Å². The van der Waals surface area contributed by atoms with Crippen LogP contribution in [0.3, 0.4) is 0 Å². The maximum absolute atomic E-state index is 13.1. The van der Waals surface area contributed by atoms with Gasteiger partial charge in [-0.15, -0.1) is 11.8 Å². The second-order valence-corrected chi connectivity index (χ2v) is 7.92. The van der Waals surface area contributed by atoms with Crippen molar-refractivity contribution in [2.75, 3.05) is 51.8 Å². The number of carbonyl (C=O) groups is 2. The molecule has 2 heterocycles. The van der Waals surface area contributed by atoms with Crippen molar-refractivity contribution in [1.29, 1.82) is 0 Å². The van der Waals surface area contributed by atoms with Gasteiger partial charge in [-0.25, -0.2) is 0 Å². The van der Waals surface area contributed by atoms with Crippen molar-refractivity contribution < 1.29 is 19.4 Å². The summed E-state index contributed by atoms with van der Waals surface area (Å²) in [5.41, 5.74) is 3.36. The lowest BCUT2D eigenvalue weighted by molar-refractivity contribution is -0.136. The van der Waals surface area contributed by atoms with Gasteiger partial charge in [0, 0.05) is 31.9 Å². The van der Waals surface area contributed by atoms with Crippen LogP contribution in [0, 0.1) is 13.8 Å². The maximum atomic E-state index is 13.1. The van der Waals surface area contributed by atoms with Crippen molar-refractivity contribution in [3.05, 3.63) is 39.8 Å². The van der Waals surface area contributed by atoms with Crippen LogP contribution in [0.5, 0.6) is 0 Å². The van der Waals surface area contributed by atoms with Crippen molar-refractivity contribution in [3.8, 4) is 0 Å². The van der Waals surface area contributed by atoms with Crippen LogP contribution in [-0.2, 0) is 14.3 Å². The van der Waals surface area contributed by atoms with Crippen LogP contribution >= 0.6 is 11.8 Å². The first-order valence-electron chi connectivity index (χ1n) is 9.24. The highest BCUT2D eigenvalue weighted by molar-refractivity contribution is 8.04. The number of hydrogen-bond acceptors (Lipinski definition) is 6. The van der Waals surface area contributed by atoms with Gasteiger partial charge in [0.05, 0.1) is 30.3 Å². The van der Waals surface area contributed by atoms with Gasteiger partial charge in [0.25, 0.3) is 11.8 Å². The second kappa shape index (κ2) is 9.01. The second-order valence-electron chi connectivity index (χ2n) is 6.81. The number of aryl methyl sites for hydroxylation is 2. The molecule has 27 heavy (non-hydrogen) atoms. The average molecular weight is 391 g/mol. The third-order valence-corrected chi connectivity index (χ3v) is 5.91. The Morgan fingerprint density at radius 1 is 1.11 bits per heavy atom. The molecule has 2 aliphatic heterocycles. The van der Waals surface area contributed by atoms with Crippen LogP contribution in [-0.4, -0.2) is 78.5 Å². The minimum atomic E-state index is -0.248. The molecule has 0 saturated carbocycles. The summed E-state index contributed by atoms with van der Waals surface area (Å²) in [6, 6.07) is 5.89. The van der Waals surface area contributed by atoms with E-state index in [2.05, 4.69) is 4.90 Å². The number of amides is 2. The molecular weight excluding hydrogens is 364 g/mol. The molecule has 146 valence electrons. The summed E-state index contributed by atoms with van der Waals surface area (Å²) in [6.07, 6.45) is 0. The Morgan fingerprint density at radius 2 is 1.85 bits per heavy atom. The molecule has 6 nitrogen and oxygen atoms in total. The molecule has 0 bridgehead atoms. The van der Waals surface area contributed by atoms with Gasteiger partial charge in [0.1, 0.15) is 0 Å². The van der Waals surface area contributed by atoms with Crippen molar-refractivity contribution in [3.63, 3.8) is 0 Å². The number of morpholine rings is 1. The molecule has 0 aliphatic carbocycles. The maximum Gasteiger partial charge on any atom is 0.268 e. The topological polar surface area (TPSA) is 70.1 Å². The number of aliphatic hydroxyl groups is 1. The molecule has 7 heteroatoms. The van der Waals surface area contributed by atoms with E-state index >= 15 is 0 Å². The Kier molecular flexibility index (Phi) is 6.70. The number of benzene rings is 1. The molecule has 0 unspecified atom stereocenters. The third-order valence-electron chi connectivity index (χ3n) is 4.86. The number of carbonyl (C=O) groups excluding carboxylic acids is 2. The molecule has 2 amide bonds. The number of nitrogens with zero attached hydrogens (tertiary/aromatic N) is 2. The van der Waals surface area contributed by atoms with E-state index in [1.165, 1.54) is 16.7 Å². The number of hydrogen-bond donors (Lipinski definition) is 1. The van der Waals surface area contributed by atoms with Gasteiger partial charge in [-0.05, 0) is 25.0 Å². The molecule has 1 aromatic rings. The Labute approximate surface area is 164 Å². The summed E-state index contributed by atoms with van der Waals surface area (Å²) >= 11 is 1.26. The fourth-order valence-electron chi connectivity index (χ4n) is 3.44. The number of thioether (sulfide) groups is 1. The van der Waals surface area contributed by atoms with Crippen LogP contribution in [0.1, 0.15) is 16.7 Å². The molecule has 2 aliphatic rings. The van der Waals surface area contributed by atoms with Gasteiger partial charge in [0.15, 0.2) is 0 Å². The van der Waals surface area contributed by atoms with E-state index in [1.54, 1.807) is 0 Å². The lowest BCUT2D eigenvalue weighted by Crippen LogP contribution is -2.43. The molecular formula is C20H26N2O4S. The van der Waals surface area contributed by atoms with Crippen LogP contribution in [0.4, 0.5) is 0 Å². The smallest absolute Gasteiger partial charge is 0.268 e. The highest BCUT2D eigenvalue weighted by Crippen LogP contribution is 2.37. The number of imide groups is 1. The van der Waals surface area contributed by atoms with E-state index in [0.29, 0.717) is 42.5 Å². The van der Waals surface area contributed by atoms with Crippen LogP contribution in [0.15, 0.2) is 23.1 Å². The predicted molar refractivity (Wildman–Crippen MR) is 106 cm³/mol. The predicted octanol–water partition coefficient (Wildman–Crippen LogP) is 1.44. The summed E-state index contributed by atoms with van der Waals surface area (Å²) < 4.78 is 5.35. The quantitative estimate of drug-likeness (QED) is 0.711.